The second kappa shape index (κ2) is 11.5. The van der Waals surface area contributed by atoms with E-state index in [0.717, 1.165) is 50.4 Å². The summed E-state index contributed by atoms with van der Waals surface area (Å²) in [6.45, 7) is 10.3. The van der Waals surface area contributed by atoms with Crippen molar-refractivity contribution in [1.29, 1.82) is 0 Å². The third-order valence-corrected chi connectivity index (χ3v) is 13.3. The second-order valence-electron chi connectivity index (χ2n) is 15.6. The highest BCUT2D eigenvalue weighted by Crippen LogP contribution is 2.82. The van der Waals surface area contributed by atoms with E-state index in [1.807, 2.05) is 13.8 Å². The molecule has 0 aromatic rings. The second-order valence-corrected chi connectivity index (χ2v) is 15.6. The maximum absolute atomic E-state index is 13.7. The summed E-state index contributed by atoms with van der Waals surface area (Å²) in [5.41, 5.74) is -2.39. The molecule has 2 N–H and O–H groups in total. The van der Waals surface area contributed by atoms with Crippen LogP contribution in [0.2, 0.25) is 0 Å². The number of aldehydes is 1. The van der Waals surface area contributed by atoms with Gasteiger partial charge in [0.2, 0.25) is 0 Å². The molecule has 9 heteroatoms. The van der Waals surface area contributed by atoms with Crippen molar-refractivity contribution in [3.8, 4) is 0 Å². The number of hydrogen-bond donors (Lipinski definition) is 2. The lowest BCUT2D eigenvalue weighted by Crippen LogP contribution is -2.64. The van der Waals surface area contributed by atoms with Crippen LogP contribution in [0.5, 0.6) is 0 Å². The first-order valence-corrected chi connectivity index (χ1v) is 17.0. The fraction of sp³-hybridized carbons (Fsp3) is 0.857. The van der Waals surface area contributed by atoms with E-state index < -0.39 is 52.9 Å². The van der Waals surface area contributed by atoms with Crippen molar-refractivity contribution in [2.24, 2.45) is 57.7 Å². The molecule has 1 heterocycles. The number of aliphatic carboxylic acids is 1. The molecule has 9 nitrogen and oxygen atoms in total. The summed E-state index contributed by atoms with van der Waals surface area (Å²) in [6, 6.07) is 0. The highest BCUT2D eigenvalue weighted by molar-refractivity contribution is 5.90. The largest absolute Gasteiger partial charge is 0.481 e. The lowest BCUT2D eigenvalue weighted by Gasteiger charge is -2.58. The van der Waals surface area contributed by atoms with Crippen LogP contribution in [0.3, 0.4) is 0 Å². The number of ether oxygens (including phenoxy) is 4. The highest BCUT2D eigenvalue weighted by Gasteiger charge is 2.84. The van der Waals surface area contributed by atoms with Crippen molar-refractivity contribution >= 4 is 18.2 Å². The topological polar surface area (TPSA) is 129 Å². The van der Waals surface area contributed by atoms with Gasteiger partial charge in [-0.25, -0.2) is 0 Å². The van der Waals surface area contributed by atoms with Crippen LogP contribution in [0.15, 0.2) is 11.6 Å². The molecule has 0 spiro atoms. The fourth-order valence-electron chi connectivity index (χ4n) is 11.2. The minimum atomic E-state index is -1.38. The number of aliphatic hydroxyl groups is 1. The Bertz CT molecular complexity index is 1170. The highest BCUT2D eigenvalue weighted by atomic mass is 16.7. The van der Waals surface area contributed by atoms with Crippen LogP contribution >= 0.6 is 0 Å². The van der Waals surface area contributed by atoms with E-state index in [1.165, 1.54) is 7.11 Å². The van der Waals surface area contributed by atoms with Gasteiger partial charge in [0, 0.05) is 12.5 Å². The molecule has 12 atom stereocenters. The number of carbonyl (C=O) groups excluding carboxylic acids is 2. The molecule has 1 saturated heterocycles. The zero-order chi connectivity index (χ0) is 31.8. The summed E-state index contributed by atoms with van der Waals surface area (Å²) in [5.74, 6) is -0.446. The van der Waals surface area contributed by atoms with E-state index in [2.05, 4.69) is 19.9 Å². The van der Waals surface area contributed by atoms with Gasteiger partial charge >= 0.3 is 11.9 Å². The van der Waals surface area contributed by atoms with Gasteiger partial charge in [0.1, 0.15) is 23.9 Å². The molecule has 0 aromatic heterocycles. The summed E-state index contributed by atoms with van der Waals surface area (Å²) >= 11 is 0. The molecule has 0 radical (unpaired) electrons. The summed E-state index contributed by atoms with van der Waals surface area (Å²) in [5, 5.41) is 22.8. The van der Waals surface area contributed by atoms with Crippen LogP contribution in [-0.2, 0) is 33.3 Å². The van der Waals surface area contributed by atoms with Gasteiger partial charge in [-0.05, 0) is 87.4 Å². The van der Waals surface area contributed by atoms with E-state index in [9.17, 15) is 24.6 Å². The molecule has 7 unspecified atom stereocenters. The number of esters is 1. The number of methoxy groups -OCH3 is 1. The SMILES string of the molecule is CO[C@H]1[C@@H](OC(=O)C2CCC(C)CC2)[C@H](O)[C@H](OCC23CC4C(C)CCC4C4(C=O)CC2C=C(C(C)C)C43C(=O)O)O[C@@H]1C. The minimum Gasteiger partial charge on any atom is -0.481 e. The molecule has 6 rings (SSSR count). The molecule has 44 heavy (non-hydrogen) atoms. The Kier molecular flexibility index (Phi) is 8.37. The van der Waals surface area contributed by atoms with Crippen molar-refractivity contribution < 1.29 is 43.5 Å². The van der Waals surface area contributed by atoms with Crippen LogP contribution in [-0.4, -0.2) is 72.9 Å². The summed E-state index contributed by atoms with van der Waals surface area (Å²) in [6.07, 6.45) is 4.90. The van der Waals surface area contributed by atoms with Crippen molar-refractivity contribution in [2.45, 2.75) is 117 Å². The van der Waals surface area contributed by atoms with Gasteiger partial charge in [-0.1, -0.05) is 45.8 Å². The first kappa shape index (κ1) is 32.1. The number of hydrogen-bond acceptors (Lipinski definition) is 8. The molecule has 246 valence electrons. The average molecular weight is 617 g/mol. The Balaban J connectivity index is 1.30. The van der Waals surface area contributed by atoms with E-state index in [1.54, 1.807) is 6.92 Å². The third-order valence-electron chi connectivity index (χ3n) is 13.3. The Morgan fingerprint density at radius 1 is 1.07 bits per heavy atom. The quantitative estimate of drug-likeness (QED) is 0.214. The first-order valence-electron chi connectivity index (χ1n) is 17.0. The molecule has 5 aliphatic carbocycles. The molecule has 0 aromatic carbocycles. The van der Waals surface area contributed by atoms with Crippen LogP contribution in [0, 0.1) is 57.7 Å². The van der Waals surface area contributed by atoms with Gasteiger partial charge in [0.15, 0.2) is 12.4 Å². The molecule has 4 saturated carbocycles. The van der Waals surface area contributed by atoms with Gasteiger partial charge in [0.25, 0.3) is 0 Å². The van der Waals surface area contributed by atoms with Crippen LogP contribution in [0.25, 0.3) is 0 Å². The van der Waals surface area contributed by atoms with E-state index in [-0.39, 0.29) is 42.2 Å². The van der Waals surface area contributed by atoms with Gasteiger partial charge in [-0.15, -0.1) is 0 Å². The molecule has 4 bridgehead atoms. The average Bonchev–Trinajstić information content (AvgIpc) is 3.56. The lowest BCUT2D eigenvalue weighted by molar-refractivity contribution is -0.309. The van der Waals surface area contributed by atoms with Gasteiger partial charge < -0.3 is 34.0 Å². The standard InChI is InChI=1S/C35H52O9/c1-18(2)26-13-23-14-33(16-36)25-12-9-20(4)24(25)15-34(23,35(26,33)32(39)40)17-42-31-27(37)29(28(41-6)21(5)43-31)44-30(38)22-10-7-19(3)8-11-22/h13,16,18-25,27-29,31,37H,7-12,14-15,17H2,1-6H3,(H,39,40)/t19?,20?,21-,22?,23?,24?,25?,27+,28-,29+,31-,33?,34?,35?/m1/s1. The number of aliphatic hydroxyl groups excluding tert-OH is 1. The van der Waals surface area contributed by atoms with Crippen LogP contribution in [0.4, 0.5) is 0 Å². The third kappa shape index (κ3) is 4.27. The Hall–Kier alpha value is -1.81. The summed E-state index contributed by atoms with van der Waals surface area (Å²) in [7, 11) is 1.51. The zero-order valence-corrected chi connectivity index (χ0v) is 27.2. The number of allylic oxidation sites excluding steroid dienone is 1. The minimum absolute atomic E-state index is 0.0233. The number of rotatable bonds is 9. The molecule has 1 aliphatic heterocycles. The predicted molar refractivity (Wildman–Crippen MR) is 160 cm³/mol. The Morgan fingerprint density at radius 2 is 1.77 bits per heavy atom. The van der Waals surface area contributed by atoms with E-state index in [0.29, 0.717) is 24.7 Å². The summed E-state index contributed by atoms with van der Waals surface area (Å²) < 4.78 is 24.3. The van der Waals surface area contributed by atoms with Crippen LogP contribution < -0.4 is 0 Å². The molecule has 6 aliphatic rings. The van der Waals surface area contributed by atoms with E-state index in [4.69, 9.17) is 18.9 Å². The van der Waals surface area contributed by atoms with Crippen molar-refractivity contribution in [3.63, 3.8) is 0 Å². The van der Waals surface area contributed by atoms with Crippen molar-refractivity contribution in [3.05, 3.63) is 11.6 Å². The normalized spacial score (nSPS) is 49.5. The Labute approximate surface area is 261 Å². The summed E-state index contributed by atoms with van der Waals surface area (Å²) in [4.78, 5) is 40.3. The van der Waals surface area contributed by atoms with Crippen LogP contribution in [0.1, 0.15) is 86.0 Å². The predicted octanol–water partition coefficient (Wildman–Crippen LogP) is 4.79. The maximum atomic E-state index is 13.7. The smallest absolute Gasteiger partial charge is 0.315 e. The molecular weight excluding hydrogens is 564 g/mol. The van der Waals surface area contributed by atoms with E-state index >= 15 is 0 Å². The first-order chi connectivity index (χ1) is 20.9. The van der Waals surface area contributed by atoms with Gasteiger partial charge in [0.05, 0.1) is 24.0 Å². The van der Waals surface area contributed by atoms with Gasteiger partial charge in [-0.2, -0.15) is 0 Å². The number of carbonyl (C=O) groups is 3. The molecular formula is C35H52O9. The Morgan fingerprint density at radius 3 is 2.39 bits per heavy atom. The molecule has 0 amide bonds. The number of carboxylic acids is 1. The number of fused-ring (bicyclic) bond motifs is 2. The zero-order valence-electron chi connectivity index (χ0n) is 27.2. The number of carboxylic acid groups (broad SMARTS) is 1. The van der Waals surface area contributed by atoms with Crippen molar-refractivity contribution in [1.82, 2.24) is 0 Å². The molecule has 5 fully saturated rings. The van der Waals surface area contributed by atoms with Crippen molar-refractivity contribution in [2.75, 3.05) is 13.7 Å². The lowest BCUT2D eigenvalue weighted by atomic mass is 9.43. The fourth-order valence-corrected chi connectivity index (χ4v) is 11.2. The monoisotopic (exact) mass is 616 g/mol. The van der Waals surface area contributed by atoms with Gasteiger partial charge in [-0.3, -0.25) is 9.59 Å². The maximum Gasteiger partial charge on any atom is 0.315 e.